The van der Waals surface area contributed by atoms with E-state index in [0.29, 0.717) is 30.3 Å². The molecular weight excluding hydrogens is 340 g/mol. The lowest BCUT2D eigenvalue weighted by Crippen LogP contribution is -2.41. The number of hydrogen-bond acceptors (Lipinski definition) is 5. The zero-order valence-electron chi connectivity index (χ0n) is 15.6. The molecule has 0 spiro atoms. The molecule has 7 heteroatoms. The van der Waals surface area contributed by atoms with Crippen LogP contribution in [0.5, 0.6) is 0 Å². The van der Waals surface area contributed by atoms with Crippen molar-refractivity contribution in [2.45, 2.75) is 32.9 Å². The predicted molar refractivity (Wildman–Crippen MR) is 105 cm³/mol. The summed E-state index contributed by atoms with van der Waals surface area (Å²) >= 11 is 0. The Bertz CT molecular complexity index is 948. The van der Waals surface area contributed by atoms with Gasteiger partial charge in [0.05, 0.1) is 17.9 Å². The van der Waals surface area contributed by atoms with Crippen molar-refractivity contribution in [2.75, 3.05) is 0 Å². The fraction of sp³-hybridized carbons (Fsp3) is 0.300. The Labute approximate surface area is 158 Å². The van der Waals surface area contributed by atoms with Crippen molar-refractivity contribution in [3.63, 3.8) is 0 Å². The van der Waals surface area contributed by atoms with Crippen LogP contribution in [0.1, 0.15) is 31.7 Å². The third-order valence-electron chi connectivity index (χ3n) is 4.23. The maximum atomic E-state index is 11.8. The summed E-state index contributed by atoms with van der Waals surface area (Å²) in [7, 11) is 0. The van der Waals surface area contributed by atoms with Gasteiger partial charge >= 0.3 is 0 Å². The minimum Gasteiger partial charge on any atom is -0.372 e. The van der Waals surface area contributed by atoms with E-state index in [1.807, 2.05) is 44.2 Å². The van der Waals surface area contributed by atoms with E-state index in [1.54, 1.807) is 17.1 Å². The van der Waals surface area contributed by atoms with Crippen molar-refractivity contribution in [1.82, 2.24) is 25.1 Å². The van der Waals surface area contributed by atoms with E-state index in [2.05, 4.69) is 27.0 Å². The number of primary amides is 1. The fourth-order valence-electron chi connectivity index (χ4n) is 2.98. The van der Waals surface area contributed by atoms with E-state index in [4.69, 9.17) is 5.73 Å². The van der Waals surface area contributed by atoms with Gasteiger partial charge in [-0.1, -0.05) is 26.5 Å². The summed E-state index contributed by atoms with van der Waals surface area (Å²) in [6, 6.07) is 9.05. The van der Waals surface area contributed by atoms with Gasteiger partial charge in [0.15, 0.2) is 5.65 Å². The SMILES string of the molecule is C=C(N[C@@H](CC(C)C)C(N)=O)c1nn(Cc2ccccn2)c2ncccc12. The Morgan fingerprint density at radius 1 is 1.22 bits per heavy atom. The van der Waals surface area contributed by atoms with Gasteiger partial charge in [-0.3, -0.25) is 9.78 Å². The highest BCUT2D eigenvalue weighted by atomic mass is 16.1. The molecule has 3 aromatic heterocycles. The Kier molecular flexibility index (Phi) is 5.49. The standard InChI is InChI=1S/C20H24N6O/c1-13(2)11-17(19(21)27)24-14(3)18-16-8-6-10-23-20(16)26(25-18)12-15-7-4-5-9-22-15/h4-10,13,17,24H,3,11-12H2,1-2H3,(H2,21,27)/t17-/m0/s1. The summed E-state index contributed by atoms with van der Waals surface area (Å²) in [5.74, 6) is -0.0804. The van der Waals surface area contributed by atoms with Crippen LogP contribution in [0.15, 0.2) is 49.3 Å². The maximum Gasteiger partial charge on any atom is 0.239 e. The molecule has 0 unspecified atom stereocenters. The van der Waals surface area contributed by atoms with Crippen molar-refractivity contribution in [3.8, 4) is 0 Å². The maximum absolute atomic E-state index is 11.8. The molecule has 1 atom stereocenters. The molecule has 3 aromatic rings. The van der Waals surface area contributed by atoms with Gasteiger partial charge in [0.25, 0.3) is 0 Å². The van der Waals surface area contributed by atoms with Gasteiger partial charge in [0, 0.05) is 17.8 Å². The molecule has 0 fully saturated rings. The summed E-state index contributed by atoms with van der Waals surface area (Å²) in [5, 5.41) is 8.68. The number of pyridine rings is 2. The van der Waals surface area contributed by atoms with Crippen LogP contribution in [0.3, 0.4) is 0 Å². The highest BCUT2D eigenvalue weighted by Crippen LogP contribution is 2.22. The van der Waals surface area contributed by atoms with Crippen LogP contribution in [0, 0.1) is 5.92 Å². The zero-order chi connectivity index (χ0) is 19.4. The van der Waals surface area contributed by atoms with Gasteiger partial charge in [-0.25, -0.2) is 9.67 Å². The number of carbonyl (C=O) groups excluding carboxylic acids is 1. The molecule has 0 saturated heterocycles. The first-order valence-electron chi connectivity index (χ1n) is 8.92. The van der Waals surface area contributed by atoms with Crippen LogP contribution in [-0.4, -0.2) is 31.7 Å². The van der Waals surface area contributed by atoms with E-state index in [0.717, 1.165) is 16.7 Å². The van der Waals surface area contributed by atoms with E-state index >= 15 is 0 Å². The fourth-order valence-corrected chi connectivity index (χ4v) is 2.98. The monoisotopic (exact) mass is 364 g/mol. The molecular formula is C20H24N6O. The average molecular weight is 364 g/mol. The normalized spacial score (nSPS) is 12.3. The van der Waals surface area contributed by atoms with Gasteiger partial charge in [0.1, 0.15) is 11.7 Å². The summed E-state index contributed by atoms with van der Waals surface area (Å²) in [4.78, 5) is 20.6. The molecule has 3 rings (SSSR count). The molecule has 0 aliphatic rings. The molecule has 1 amide bonds. The minimum atomic E-state index is -0.495. The Hall–Kier alpha value is -3.22. The predicted octanol–water partition coefficient (Wildman–Crippen LogP) is 2.33. The number of fused-ring (bicyclic) bond motifs is 1. The number of carbonyl (C=O) groups is 1. The van der Waals surface area contributed by atoms with Gasteiger partial charge in [0.2, 0.25) is 5.91 Å². The summed E-state index contributed by atoms with van der Waals surface area (Å²) in [6.45, 7) is 8.67. The molecule has 7 nitrogen and oxygen atoms in total. The van der Waals surface area contributed by atoms with Crippen molar-refractivity contribution in [2.24, 2.45) is 11.7 Å². The minimum absolute atomic E-state index is 0.322. The van der Waals surface area contributed by atoms with Crippen LogP contribution in [0.2, 0.25) is 0 Å². The third-order valence-corrected chi connectivity index (χ3v) is 4.23. The van der Waals surface area contributed by atoms with Crippen molar-refractivity contribution >= 4 is 22.6 Å². The van der Waals surface area contributed by atoms with Crippen LogP contribution < -0.4 is 11.1 Å². The number of nitrogens with two attached hydrogens (primary N) is 1. The zero-order valence-corrected chi connectivity index (χ0v) is 15.6. The first-order chi connectivity index (χ1) is 13.0. The van der Waals surface area contributed by atoms with Crippen LogP contribution in [0.4, 0.5) is 0 Å². The lowest BCUT2D eigenvalue weighted by molar-refractivity contribution is -0.120. The molecule has 0 aliphatic heterocycles. The number of nitrogens with one attached hydrogen (secondary N) is 1. The molecule has 0 aliphatic carbocycles. The second kappa shape index (κ2) is 7.99. The topological polar surface area (TPSA) is 98.7 Å². The van der Waals surface area contributed by atoms with Gasteiger partial charge in [-0.05, 0) is 36.6 Å². The molecule has 0 bridgehead atoms. The molecule has 3 N–H and O–H groups in total. The second-order valence-electron chi connectivity index (χ2n) is 6.91. The van der Waals surface area contributed by atoms with Crippen LogP contribution in [-0.2, 0) is 11.3 Å². The number of aromatic nitrogens is 4. The highest BCUT2D eigenvalue weighted by Gasteiger charge is 2.21. The highest BCUT2D eigenvalue weighted by molar-refractivity contribution is 5.89. The Morgan fingerprint density at radius 2 is 2.00 bits per heavy atom. The van der Waals surface area contributed by atoms with E-state index in [9.17, 15) is 4.79 Å². The van der Waals surface area contributed by atoms with E-state index < -0.39 is 11.9 Å². The lowest BCUT2D eigenvalue weighted by atomic mass is 10.0. The summed E-state index contributed by atoms with van der Waals surface area (Å²) < 4.78 is 1.79. The van der Waals surface area contributed by atoms with Crippen LogP contribution >= 0.6 is 0 Å². The van der Waals surface area contributed by atoms with Crippen molar-refractivity contribution in [1.29, 1.82) is 0 Å². The number of hydrogen-bond donors (Lipinski definition) is 2. The second-order valence-corrected chi connectivity index (χ2v) is 6.91. The smallest absolute Gasteiger partial charge is 0.239 e. The quantitative estimate of drug-likeness (QED) is 0.639. The molecule has 27 heavy (non-hydrogen) atoms. The lowest BCUT2D eigenvalue weighted by Gasteiger charge is -2.19. The molecule has 0 radical (unpaired) electrons. The van der Waals surface area contributed by atoms with Gasteiger partial charge in [-0.2, -0.15) is 5.10 Å². The van der Waals surface area contributed by atoms with E-state index in [-0.39, 0.29) is 0 Å². The first kappa shape index (κ1) is 18.6. The molecule has 3 heterocycles. The largest absolute Gasteiger partial charge is 0.372 e. The Morgan fingerprint density at radius 3 is 2.67 bits per heavy atom. The third kappa shape index (κ3) is 4.31. The van der Waals surface area contributed by atoms with Gasteiger partial charge < -0.3 is 11.1 Å². The number of nitrogens with zero attached hydrogens (tertiary/aromatic N) is 4. The van der Waals surface area contributed by atoms with Crippen molar-refractivity contribution in [3.05, 3.63) is 60.7 Å². The van der Waals surface area contributed by atoms with Crippen molar-refractivity contribution < 1.29 is 4.79 Å². The summed E-state index contributed by atoms with van der Waals surface area (Å²) in [5.41, 5.74) is 8.37. The van der Waals surface area contributed by atoms with Crippen LogP contribution in [0.25, 0.3) is 16.7 Å². The molecule has 140 valence electrons. The number of amides is 1. The van der Waals surface area contributed by atoms with Gasteiger partial charge in [-0.15, -0.1) is 0 Å². The summed E-state index contributed by atoms with van der Waals surface area (Å²) in [6.07, 6.45) is 4.10. The average Bonchev–Trinajstić information content (AvgIpc) is 3.00. The molecule has 0 aromatic carbocycles. The first-order valence-corrected chi connectivity index (χ1v) is 8.92. The molecule has 0 saturated carbocycles. The Balaban J connectivity index is 1.92. The van der Waals surface area contributed by atoms with E-state index in [1.165, 1.54) is 0 Å². The number of rotatable bonds is 8.